The van der Waals surface area contributed by atoms with Gasteiger partial charge in [0.25, 0.3) is 0 Å². The van der Waals surface area contributed by atoms with Crippen LogP contribution >= 0.6 is 0 Å². The Bertz CT molecular complexity index is 3090. The van der Waals surface area contributed by atoms with Gasteiger partial charge in [-0.05, 0) is 117 Å². The van der Waals surface area contributed by atoms with Crippen molar-refractivity contribution in [2.24, 2.45) is 0 Å². The summed E-state index contributed by atoms with van der Waals surface area (Å²) in [6, 6.07) is 65.8. The van der Waals surface area contributed by atoms with Crippen molar-refractivity contribution < 1.29 is 0 Å². The van der Waals surface area contributed by atoms with E-state index in [0.717, 1.165) is 0 Å². The van der Waals surface area contributed by atoms with Crippen LogP contribution in [0.5, 0.6) is 0 Å². The molecule has 1 atom stereocenters. The van der Waals surface area contributed by atoms with Crippen molar-refractivity contribution in [3.63, 3.8) is 0 Å². The van der Waals surface area contributed by atoms with Gasteiger partial charge in [-0.15, -0.1) is 0 Å². The Morgan fingerprint density at radius 3 is 1.91 bits per heavy atom. The first-order valence-electron chi connectivity index (χ1n) is 19.4. The highest BCUT2D eigenvalue weighted by Crippen LogP contribution is 2.64. The molecule has 0 bridgehead atoms. The first-order valence-corrected chi connectivity index (χ1v) is 19.4. The van der Waals surface area contributed by atoms with E-state index < -0.39 is 0 Å². The third kappa shape index (κ3) is 3.89. The molecule has 0 fully saturated rings. The Balaban J connectivity index is 1.12. The van der Waals surface area contributed by atoms with Crippen LogP contribution in [0.1, 0.15) is 48.6 Å². The van der Waals surface area contributed by atoms with Crippen LogP contribution < -0.4 is 4.90 Å². The van der Waals surface area contributed by atoms with E-state index in [1.165, 1.54) is 106 Å². The van der Waals surface area contributed by atoms with E-state index in [9.17, 15) is 0 Å². The summed E-state index contributed by atoms with van der Waals surface area (Å²) in [4.78, 5) is 2.58. The minimum atomic E-state index is -0.326. The average molecular weight is 703 g/mol. The lowest BCUT2D eigenvalue weighted by atomic mass is 9.70. The zero-order valence-electron chi connectivity index (χ0n) is 31.1. The molecule has 2 aliphatic carbocycles. The van der Waals surface area contributed by atoms with E-state index in [0.29, 0.717) is 0 Å². The number of para-hydroxylation sites is 2. The van der Waals surface area contributed by atoms with Crippen molar-refractivity contribution in [1.82, 2.24) is 4.57 Å². The average Bonchev–Trinajstić information content (AvgIpc) is 3.80. The fourth-order valence-electron chi connectivity index (χ4n) is 10.7. The molecule has 3 aliphatic rings. The summed E-state index contributed by atoms with van der Waals surface area (Å²) < 4.78 is 2.39. The van der Waals surface area contributed by atoms with Gasteiger partial charge in [-0.25, -0.2) is 0 Å². The Morgan fingerprint density at radius 1 is 0.400 bits per heavy atom. The normalized spacial score (nSPS) is 16.8. The Hall–Kier alpha value is -6.64. The lowest BCUT2D eigenvalue weighted by molar-refractivity contribution is 0.660. The topological polar surface area (TPSA) is 8.17 Å². The van der Waals surface area contributed by atoms with Crippen molar-refractivity contribution in [3.8, 4) is 39.1 Å². The number of benzene rings is 8. The Kier molecular flexibility index (Phi) is 6.01. The largest absolute Gasteiger partial charge is 0.309 e. The molecule has 2 heterocycles. The lowest BCUT2D eigenvalue weighted by Gasteiger charge is -2.43. The first-order chi connectivity index (χ1) is 26.9. The maximum atomic E-state index is 2.58. The quantitative estimate of drug-likeness (QED) is 0.178. The molecule has 55 heavy (non-hydrogen) atoms. The number of hydrogen-bond acceptors (Lipinski definition) is 1. The van der Waals surface area contributed by atoms with Gasteiger partial charge in [-0.1, -0.05) is 135 Å². The smallest absolute Gasteiger partial charge is 0.0543 e. The third-order valence-corrected chi connectivity index (χ3v) is 13.2. The number of anilines is 3. The van der Waals surface area contributed by atoms with Crippen LogP contribution in [-0.4, -0.2) is 4.57 Å². The number of nitrogens with zero attached hydrogens (tertiary/aromatic N) is 2. The molecule has 0 saturated heterocycles. The molecule has 1 unspecified atom stereocenters. The van der Waals surface area contributed by atoms with E-state index in [2.05, 4.69) is 206 Å². The zero-order valence-corrected chi connectivity index (χ0v) is 31.1. The maximum Gasteiger partial charge on any atom is 0.0543 e. The van der Waals surface area contributed by atoms with E-state index in [1.807, 2.05) is 0 Å². The van der Waals surface area contributed by atoms with Gasteiger partial charge in [0, 0.05) is 32.9 Å². The lowest BCUT2D eigenvalue weighted by Crippen LogP contribution is -2.32. The molecular weight excluding hydrogens is 665 g/mol. The van der Waals surface area contributed by atoms with Gasteiger partial charge >= 0.3 is 0 Å². The molecule has 0 saturated carbocycles. The predicted molar refractivity (Wildman–Crippen MR) is 229 cm³/mol. The summed E-state index contributed by atoms with van der Waals surface area (Å²) in [5.41, 5.74) is 21.6. The fraction of sp³-hybridized carbons (Fsp3) is 0.0943. The fourth-order valence-corrected chi connectivity index (χ4v) is 10.7. The summed E-state index contributed by atoms with van der Waals surface area (Å²) in [5.74, 6) is 0. The summed E-state index contributed by atoms with van der Waals surface area (Å²) in [6.45, 7) is 7.21. The summed E-state index contributed by atoms with van der Waals surface area (Å²) >= 11 is 0. The highest BCUT2D eigenvalue weighted by molar-refractivity contribution is 6.11. The SMILES string of the molecule is CC1(C)c2ccccc2-c2c(N3c4ccc(-c5ccc6c(c5)c5ccccc5n6-c5ccccc5)cc4C4(C)c5ccccc5-c5cccc3c54)cccc21. The van der Waals surface area contributed by atoms with Crippen LogP contribution in [0.2, 0.25) is 0 Å². The van der Waals surface area contributed by atoms with Crippen molar-refractivity contribution in [2.75, 3.05) is 4.90 Å². The van der Waals surface area contributed by atoms with E-state index in [4.69, 9.17) is 0 Å². The number of hydrogen-bond donors (Lipinski definition) is 0. The van der Waals surface area contributed by atoms with Crippen LogP contribution in [0.25, 0.3) is 60.9 Å². The molecule has 12 rings (SSSR count). The molecule has 260 valence electrons. The predicted octanol–water partition coefficient (Wildman–Crippen LogP) is 13.9. The van der Waals surface area contributed by atoms with Crippen LogP contribution in [-0.2, 0) is 10.8 Å². The van der Waals surface area contributed by atoms with Crippen molar-refractivity contribution in [1.29, 1.82) is 0 Å². The van der Waals surface area contributed by atoms with Gasteiger partial charge in [-0.2, -0.15) is 0 Å². The monoisotopic (exact) mass is 702 g/mol. The molecule has 0 amide bonds. The Labute approximate surface area is 321 Å². The van der Waals surface area contributed by atoms with E-state index in [-0.39, 0.29) is 10.8 Å². The zero-order chi connectivity index (χ0) is 36.6. The van der Waals surface area contributed by atoms with E-state index in [1.54, 1.807) is 0 Å². The second-order valence-corrected chi connectivity index (χ2v) is 16.2. The summed E-state index contributed by atoms with van der Waals surface area (Å²) in [5, 5.41) is 2.53. The number of rotatable bonds is 3. The van der Waals surface area contributed by atoms with Crippen LogP contribution in [0, 0.1) is 0 Å². The minimum absolute atomic E-state index is 0.0872. The standard InChI is InChI=1S/C53H38N2/c1-52(2)41-21-10-8-19-39(41)50-43(52)23-14-25-48(50)55-47-30-28-34(32-44(47)53(3)42-22-11-7-17-36(42)38-20-13-26-49(55)51(38)53)33-27-29-46-40(31-33)37-18-9-12-24-45(37)54(46)35-15-5-4-6-16-35/h4-32H,1-3H3. The van der Waals surface area contributed by atoms with E-state index >= 15 is 0 Å². The van der Waals surface area contributed by atoms with Crippen LogP contribution in [0.3, 0.4) is 0 Å². The van der Waals surface area contributed by atoms with Gasteiger partial charge in [-0.3, -0.25) is 0 Å². The summed E-state index contributed by atoms with van der Waals surface area (Å²) in [6.07, 6.45) is 0. The molecule has 2 nitrogen and oxygen atoms in total. The number of fused-ring (bicyclic) bond motifs is 11. The third-order valence-electron chi connectivity index (χ3n) is 13.2. The molecule has 0 radical (unpaired) electrons. The second-order valence-electron chi connectivity index (χ2n) is 16.2. The minimum Gasteiger partial charge on any atom is -0.309 e. The molecule has 9 aromatic rings. The molecular formula is C53H38N2. The van der Waals surface area contributed by atoms with Crippen molar-refractivity contribution >= 4 is 38.9 Å². The van der Waals surface area contributed by atoms with Gasteiger partial charge in [0.05, 0.1) is 28.1 Å². The van der Waals surface area contributed by atoms with Crippen molar-refractivity contribution in [2.45, 2.75) is 31.6 Å². The molecule has 1 aliphatic heterocycles. The molecule has 1 aromatic heterocycles. The second kappa shape index (κ2) is 10.7. The first kappa shape index (κ1) is 30.8. The molecule has 0 N–H and O–H groups in total. The van der Waals surface area contributed by atoms with Crippen molar-refractivity contribution in [3.05, 3.63) is 204 Å². The van der Waals surface area contributed by atoms with Crippen LogP contribution in [0.15, 0.2) is 176 Å². The van der Waals surface area contributed by atoms with Gasteiger partial charge < -0.3 is 9.47 Å². The maximum absolute atomic E-state index is 2.58. The van der Waals surface area contributed by atoms with Crippen LogP contribution in [0.4, 0.5) is 17.1 Å². The molecule has 8 aromatic carbocycles. The highest BCUT2D eigenvalue weighted by Gasteiger charge is 2.49. The highest BCUT2D eigenvalue weighted by atomic mass is 15.2. The number of aromatic nitrogens is 1. The van der Waals surface area contributed by atoms with Gasteiger partial charge in [0.1, 0.15) is 0 Å². The summed E-state index contributed by atoms with van der Waals surface area (Å²) in [7, 11) is 0. The Morgan fingerprint density at radius 2 is 1.04 bits per heavy atom. The molecule has 2 heteroatoms. The molecule has 0 spiro atoms. The van der Waals surface area contributed by atoms with Gasteiger partial charge in [0.15, 0.2) is 0 Å². The van der Waals surface area contributed by atoms with Gasteiger partial charge in [0.2, 0.25) is 0 Å².